The van der Waals surface area contributed by atoms with Crippen LogP contribution in [0.15, 0.2) is 54.6 Å². The third-order valence-corrected chi connectivity index (χ3v) is 3.66. The summed E-state index contributed by atoms with van der Waals surface area (Å²) < 4.78 is 1.84. The second kappa shape index (κ2) is 6.39. The van der Waals surface area contributed by atoms with Crippen LogP contribution in [-0.4, -0.2) is 15.7 Å². The molecule has 5 nitrogen and oxygen atoms in total. The van der Waals surface area contributed by atoms with E-state index in [9.17, 15) is 4.79 Å². The molecule has 0 fully saturated rings. The zero-order valence-corrected chi connectivity index (χ0v) is 13.4. The van der Waals surface area contributed by atoms with Crippen molar-refractivity contribution >= 4 is 11.6 Å². The van der Waals surface area contributed by atoms with Crippen LogP contribution in [0.2, 0.25) is 0 Å². The lowest BCUT2D eigenvalue weighted by molar-refractivity contribution is 0.102. The second-order valence-electron chi connectivity index (χ2n) is 5.53. The van der Waals surface area contributed by atoms with E-state index in [0.717, 1.165) is 17.1 Å². The van der Waals surface area contributed by atoms with Gasteiger partial charge in [-0.1, -0.05) is 0 Å². The van der Waals surface area contributed by atoms with E-state index in [1.165, 1.54) is 0 Å². The quantitative estimate of drug-likeness (QED) is 0.802. The molecule has 0 bridgehead atoms. The minimum atomic E-state index is -0.195. The van der Waals surface area contributed by atoms with E-state index in [1.807, 2.05) is 42.8 Å². The van der Waals surface area contributed by atoms with Crippen LogP contribution < -0.4 is 5.32 Å². The lowest BCUT2D eigenvalue weighted by Gasteiger charge is -2.07. The van der Waals surface area contributed by atoms with Crippen LogP contribution in [0.3, 0.4) is 0 Å². The monoisotopic (exact) mass is 316 g/mol. The molecular formula is C19H16N4O. The van der Waals surface area contributed by atoms with E-state index in [1.54, 1.807) is 36.4 Å². The number of nitrogens with one attached hydrogen (secondary N) is 1. The first-order valence-electron chi connectivity index (χ1n) is 7.52. The molecule has 0 spiro atoms. The fraction of sp³-hybridized carbons (Fsp3) is 0.105. The number of benzene rings is 2. The van der Waals surface area contributed by atoms with Crippen molar-refractivity contribution in [3.05, 3.63) is 77.1 Å². The van der Waals surface area contributed by atoms with Gasteiger partial charge in [0.05, 0.1) is 23.0 Å². The molecule has 0 aliphatic rings. The van der Waals surface area contributed by atoms with Crippen LogP contribution in [-0.2, 0) is 0 Å². The van der Waals surface area contributed by atoms with Gasteiger partial charge >= 0.3 is 0 Å². The molecule has 0 aliphatic heterocycles. The van der Waals surface area contributed by atoms with Gasteiger partial charge in [-0.2, -0.15) is 10.4 Å². The SMILES string of the molecule is Cc1cc(C)n(-c2ccc(C(=O)Nc3ccc(C#N)cc3)cc2)n1. The molecule has 118 valence electrons. The van der Waals surface area contributed by atoms with E-state index in [4.69, 9.17) is 5.26 Å². The van der Waals surface area contributed by atoms with Crippen LogP contribution in [0.25, 0.3) is 5.69 Å². The highest BCUT2D eigenvalue weighted by molar-refractivity contribution is 6.04. The highest BCUT2D eigenvalue weighted by Gasteiger charge is 2.08. The Labute approximate surface area is 140 Å². The lowest BCUT2D eigenvalue weighted by Crippen LogP contribution is -2.12. The fourth-order valence-corrected chi connectivity index (χ4v) is 2.48. The van der Waals surface area contributed by atoms with Crippen molar-refractivity contribution in [2.24, 2.45) is 0 Å². The van der Waals surface area contributed by atoms with Gasteiger partial charge in [-0.15, -0.1) is 0 Å². The average Bonchev–Trinajstić information content (AvgIpc) is 2.94. The van der Waals surface area contributed by atoms with Gasteiger partial charge in [0.15, 0.2) is 0 Å². The van der Waals surface area contributed by atoms with Crippen molar-refractivity contribution in [1.29, 1.82) is 5.26 Å². The van der Waals surface area contributed by atoms with E-state index >= 15 is 0 Å². The number of anilines is 1. The number of hydrogen-bond acceptors (Lipinski definition) is 3. The Bertz CT molecular complexity index is 915. The van der Waals surface area contributed by atoms with Gasteiger partial charge in [-0.3, -0.25) is 4.79 Å². The largest absolute Gasteiger partial charge is 0.322 e. The van der Waals surface area contributed by atoms with E-state index in [-0.39, 0.29) is 5.91 Å². The number of rotatable bonds is 3. The molecule has 5 heteroatoms. The molecule has 2 aromatic carbocycles. The normalized spacial score (nSPS) is 10.2. The van der Waals surface area contributed by atoms with Crippen molar-refractivity contribution in [3.8, 4) is 11.8 Å². The third kappa shape index (κ3) is 3.18. The molecule has 0 saturated heterocycles. The molecule has 1 N–H and O–H groups in total. The van der Waals surface area contributed by atoms with E-state index < -0.39 is 0 Å². The summed E-state index contributed by atoms with van der Waals surface area (Å²) in [6.07, 6.45) is 0. The van der Waals surface area contributed by atoms with Crippen molar-refractivity contribution < 1.29 is 4.79 Å². The number of amides is 1. The molecule has 3 rings (SSSR count). The van der Waals surface area contributed by atoms with Gasteiger partial charge in [0.1, 0.15) is 0 Å². The Hall–Kier alpha value is -3.39. The topological polar surface area (TPSA) is 70.7 Å². The third-order valence-electron chi connectivity index (χ3n) is 3.66. The smallest absolute Gasteiger partial charge is 0.255 e. The number of aryl methyl sites for hydroxylation is 2. The Kier molecular flexibility index (Phi) is 4.13. The summed E-state index contributed by atoms with van der Waals surface area (Å²) in [5.74, 6) is -0.195. The van der Waals surface area contributed by atoms with Gasteiger partial charge in [0.2, 0.25) is 0 Å². The number of aromatic nitrogens is 2. The van der Waals surface area contributed by atoms with E-state index in [0.29, 0.717) is 16.8 Å². The number of carbonyl (C=O) groups excluding carboxylic acids is 1. The number of nitriles is 1. The molecule has 0 atom stereocenters. The maximum absolute atomic E-state index is 12.3. The highest BCUT2D eigenvalue weighted by Crippen LogP contribution is 2.15. The summed E-state index contributed by atoms with van der Waals surface area (Å²) >= 11 is 0. The van der Waals surface area contributed by atoms with Crippen molar-refractivity contribution in [1.82, 2.24) is 9.78 Å². The molecular weight excluding hydrogens is 300 g/mol. The van der Waals surface area contributed by atoms with Crippen molar-refractivity contribution in [2.75, 3.05) is 5.32 Å². The van der Waals surface area contributed by atoms with Gasteiger partial charge < -0.3 is 5.32 Å². The second-order valence-corrected chi connectivity index (χ2v) is 5.53. The average molecular weight is 316 g/mol. The number of carbonyl (C=O) groups is 1. The molecule has 0 aliphatic carbocycles. The fourth-order valence-electron chi connectivity index (χ4n) is 2.48. The molecule has 0 saturated carbocycles. The summed E-state index contributed by atoms with van der Waals surface area (Å²) in [4.78, 5) is 12.3. The summed E-state index contributed by atoms with van der Waals surface area (Å²) in [5, 5.41) is 16.0. The Morgan fingerprint density at radius 1 is 1.08 bits per heavy atom. The summed E-state index contributed by atoms with van der Waals surface area (Å²) in [6, 6.07) is 18.1. The molecule has 0 unspecified atom stereocenters. The predicted octanol–water partition coefficient (Wildman–Crippen LogP) is 3.61. The van der Waals surface area contributed by atoms with Crippen LogP contribution in [0.4, 0.5) is 5.69 Å². The first kappa shape index (κ1) is 15.5. The van der Waals surface area contributed by atoms with Crippen LogP contribution >= 0.6 is 0 Å². The summed E-state index contributed by atoms with van der Waals surface area (Å²) in [6.45, 7) is 3.94. The highest BCUT2D eigenvalue weighted by atomic mass is 16.1. The molecule has 1 amide bonds. The summed E-state index contributed by atoms with van der Waals surface area (Å²) in [5.41, 5.74) is 4.68. The standard InChI is InChI=1S/C19H16N4O/c1-13-11-14(2)23(22-13)18-9-5-16(6-10-18)19(24)21-17-7-3-15(12-20)4-8-17/h3-11H,1-2H3,(H,21,24). The first-order valence-corrected chi connectivity index (χ1v) is 7.52. The molecule has 1 heterocycles. The summed E-state index contributed by atoms with van der Waals surface area (Å²) in [7, 11) is 0. The molecule has 1 aromatic heterocycles. The minimum Gasteiger partial charge on any atom is -0.322 e. The van der Waals surface area contributed by atoms with Crippen LogP contribution in [0.1, 0.15) is 27.3 Å². The predicted molar refractivity (Wildman–Crippen MR) is 92.1 cm³/mol. The van der Waals surface area contributed by atoms with Gasteiger partial charge in [0.25, 0.3) is 5.91 Å². The first-order chi connectivity index (χ1) is 11.6. The Morgan fingerprint density at radius 3 is 2.29 bits per heavy atom. The van der Waals surface area contributed by atoms with Crippen molar-refractivity contribution in [2.45, 2.75) is 13.8 Å². The maximum Gasteiger partial charge on any atom is 0.255 e. The molecule has 24 heavy (non-hydrogen) atoms. The maximum atomic E-state index is 12.3. The number of hydrogen-bond donors (Lipinski definition) is 1. The zero-order chi connectivity index (χ0) is 17.1. The Morgan fingerprint density at radius 2 is 1.75 bits per heavy atom. The van der Waals surface area contributed by atoms with Crippen molar-refractivity contribution in [3.63, 3.8) is 0 Å². The van der Waals surface area contributed by atoms with Gasteiger partial charge in [-0.25, -0.2) is 4.68 Å². The van der Waals surface area contributed by atoms with Crippen LogP contribution in [0.5, 0.6) is 0 Å². The molecule has 0 radical (unpaired) electrons. The Balaban J connectivity index is 1.76. The van der Waals surface area contributed by atoms with Crippen LogP contribution in [0, 0.1) is 25.2 Å². The lowest BCUT2D eigenvalue weighted by atomic mass is 10.1. The van der Waals surface area contributed by atoms with Gasteiger partial charge in [-0.05, 0) is 68.4 Å². The molecule has 3 aromatic rings. The number of nitrogens with zero attached hydrogens (tertiary/aromatic N) is 3. The van der Waals surface area contributed by atoms with Gasteiger partial charge in [0, 0.05) is 16.9 Å². The zero-order valence-electron chi connectivity index (χ0n) is 13.4. The minimum absolute atomic E-state index is 0.195. The van der Waals surface area contributed by atoms with E-state index in [2.05, 4.69) is 10.4 Å².